The summed E-state index contributed by atoms with van der Waals surface area (Å²) in [4.78, 5) is 29.1. The molecule has 5 nitrogen and oxygen atoms in total. The highest BCUT2D eigenvalue weighted by Crippen LogP contribution is 2.21. The van der Waals surface area contributed by atoms with Gasteiger partial charge in [0.2, 0.25) is 5.91 Å². The molecule has 29 heavy (non-hydrogen) atoms. The highest BCUT2D eigenvalue weighted by molar-refractivity contribution is 5.99. The van der Waals surface area contributed by atoms with E-state index in [0.29, 0.717) is 13.1 Å². The Kier molecular flexibility index (Phi) is 6.91. The fourth-order valence-corrected chi connectivity index (χ4v) is 4.37. The number of aromatic nitrogens is 1. The van der Waals surface area contributed by atoms with Gasteiger partial charge in [0, 0.05) is 44.1 Å². The molecule has 5 heteroatoms. The highest BCUT2D eigenvalue weighted by Gasteiger charge is 2.28. The Morgan fingerprint density at radius 3 is 2.55 bits per heavy atom. The molecular formula is C24H33N3O2. The van der Waals surface area contributed by atoms with Crippen LogP contribution < -0.4 is 0 Å². The van der Waals surface area contributed by atoms with Gasteiger partial charge in [-0.3, -0.25) is 14.5 Å². The number of piperidine rings is 1. The van der Waals surface area contributed by atoms with E-state index in [4.69, 9.17) is 0 Å². The number of carbonyl (C=O) groups excluding carboxylic acids is 2. The lowest BCUT2D eigenvalue weighted by atomic mass is 9.96. The van der Waals surface area contributed by atoms with Gasteiger partial charge < -0.3 is 9.47 Å². The van der Waals surface area contributed by atoms with Gasteiger partial charge in [0.25, 0.3) is 0 Å². The Hall–Kier alpha value is -2.40. The van der Waals surface area contributed by atoms with E-state index in [9.17, 15) is 9.59 Å². The van der Waals surface area contributed by atoms with Gasteiger partial charge in [0.05, 0.1) is 12.5 Å². The van der Waals surface area contributed by atoms with Gasteiger partial charge >= 0.3 is 0 Å². The second kappa shape index (κ2) is 9.40. The Labute approximate surface area is 174 Å². The molecule has 1 aromatic carbocycles. The van der Waals surface area contributed by atoms with Crippen molar-refractivity contribution in [2.45, 2.75) is 39.7 Å². The van der Waals surface area contributed by atoms with Crippen LogP contribution in [0.15, 0.2) is 36.4 Å². The predicted octanol–water partition coefficient (Wildman–Crippen LogP) is 3.33. The molecule has 2 aromatic rings. The largest absolute Gasteiger partial charge is 0.349 e. The van der Waals surface area contributed by atoms with E-state index < -0.39 is 0 Å². The lowest BCUT2D eigenvalue weighted by Crippen LogP contribution is -2.44. The zero-order valence-electron chi connectivity index (χ0n) is 18.1. The van der Waals surface area contributed by atoms with Crippen molar-refractivity contribution in [2.24, 2.45) is 5.92 Å². The van der Waals surface area contributed by atoms with Crippen molar-refractivity contribution in [3.63, 3.8) is 0 Å². The van der Waals surface area contributed by atoms with E-state index in [1.165, 1.54) is 5.56 Å². The second-order valence-electron chi connectivity index (χ2n) is 8.40. The summed E-state index contributed by atoms with van der Waals surface area (Å²) in [5, 5.41) is 0. The van der Waals surface area contributed by atoms with Crippen LogP contribution in [0.25, 0.3) is 0 Å². The Morgan fingerprint density at radius 1 is 1.14 bits per heavy atom. The van der Waals surface area contributed by atoms with Crippen molar-refractivity contribution in [3.05, 3.63) is 58.9 Å². The van der Waals surface area contributed by atoms with Crippen LogP contribution in [0.5, 0.6) is 0 Å². The summed E-state index contributed by atoms with van der Waals surface area (Å²) < 4.78 is 2.24. The lowest BCUT2D eigenvalue weighted by molar-refractivity contribution is -0.134. The van der Waals surface area contributed by atoms with Crippen molar-refractivity contribution < 1.29 is 9.59 Å². The van der Waals surface area contributed by atoms with Crippen LogP contribution in [0.1, 0.15) is 40.2 Å². The maximum Gasteiger partial charge on any atom is 0.226 e. The number of likely N-dealkylation sites (tertiary alicyclic amines) is 1. The SMILES string of the molecule is Cc1cc(C(=O)CN2CCCC(C(=O)N(C)C)C2)c(C)n1CCc1ccccc1. The molecule has 2 heterocycles. The molecule has 1 saturated heterocycles. The first-order valence-electron chi connectivity index (χ1n) is 10.5. The molecular weight excluding hydrogens is 362 g/mol. The van der Waals surface area contributed by atoms with Crippen LogP contribution in [0.3, 0.4) is 0 Å². The number of aryl methyl sites for hydroxylation is 2. The summed E-state index contributed by atoms with van der Waals surface area (Å²) in [7, 11) is 3.60. The number of hydrogen-bond acceptors (Lipinski definition) is 3. The maximum atomic E-state index is 13.0. The fraction of sp³-hybridized carbons (Fsp3) is 0.500. The predicted molar refractivity (Wildman–Crippen MR) is 116 cm³/mol. The molecule has 0 radical (unpaired) electrons. The molecule has 1 fully saturated rings. The molecule has 1 aliphatic heterocycles. The first-order chi connectivity index (χ1) is 13.9. The van der Waals surface area contributed by atoms with Gasteiger partial charge in [-0.25, -0.2) is 0 Å². The van der Waals surface area contributed by atoms with Crippen LogP contribution in [0, 0.1) is 19.8 Å². The minimum Gasteiger partial charge on any atom is -0.349 e. The number of rotatable bonds is 7. The monoisotopic (exact) mass is 395 g/mol. The van der Waals surface area contributed by atoms with Gasteiger partial charge in [0.1, 0.15) is 0 Å². The number of hydrogen-bond donors (Lipinski definition) is 0. The fourth-order valence-electron chi connectivity index (χ4n) is 4.37. The molecule has 3 rings (SSSR count). The second-order valence-corrected chi connectivity index (χ2v) is 8.40. The highest BCUT2D eigenvalue weighted by atomic mass is 16.2. The van der Waals surface area contributed by atoms with E-state index in [0.717, 1.165) is 49.3 Å². The van der Waals surface area contributed by atoms with Crippen molar-refractivity contribution >= 4 is 11.7 Å². The summed E-state index contributed by atoms with van der Waals surface area (Å²) in [6.45, 7) is 6.94. The summed E-state index contributed by atoms with van der Waals surface area (Å²) in [6, 6.07) is 12.5. The molecule has 0 bridgehead atoms. The third-order valence-corrected chi connectivity index (χ3v) is 6.00. The van der Waals surface area contributed by atoms with Crippen LogP contribution in [-0.2, 0) is 17.8 Å². The number of Topliss-reactive ketones (excluding diaryl/α,β-unsaturated/α-hetero) is 1. The number of carbonyl (C=O) groups is 2. The summed E-state index contributed by atoms with van der Waals surface area (Å²) in [6.07, 6.45) is 2.83. The molecule has 0 N–H and O–H groups in total. The summed E-state index contributed by atoms with van der Waals surface area (Å²) >= 11 is 0. The molecule has 0 saturated carbocycles. The standard InChI is InChI=1S/C24H33N3O2/c1-18-15-22(19(2)27(18)14-12-20-9-6-5-7-10-20)23(28)17-26-13-8-11-21(16-26)24(29)25(3)4/h5-7,9-10,15,21H,8,11-14,16-17H2,1-4H3. The molecule has 0 aliphatic carbocycles. The first kappa shape index (κ1) is 21.3. The molecule has 1 atom stereocenters. The number of ketones is 1. The zero-order valence-corrected chi connectivity index (χ0v) is 18.1. The van der Waals surface area contributed by atoms with Crippen molar-refractivity contribution in [2.75, 3.05) is 33.7 Å². The Bertz CT molecular complexity index is 855. The topological polar surface area (TPSA) is 45.6 Å². The first-order valence-corrected chi connectivity index (χ1v) is 10.5. The molecule has 1 aliphatic rings. The maximum absolute atomic E-state index is 13.0. The average Bonchev–Trinajstić information content (AvgIpc) is 3.00. The average molecular weight is 396 g/mol. The van der Waals surface area contributed by atoms with Crippen LogP contribution >= 0.6 is 0 Å². The molecule has 0 spiro atoms. The van der Waals surface area contributed by atoms with E-state index in [1.54, 1.807) is 19.0 Å². The zero-order chi connectivity index (χ0) is 21.0. The minimum atomic E-state index is 0.00449. The summed E-state index contributed by atoms with van der Waals surface area (Å²) in [5.41, 5.74) is 4.29. The molecule has 1 aromatic heterocycles. The van der Waals surface area contributed by atoms with E-state index in [2.05, 4.69) is 40.7 Å². The van der Waals surface area contributed by atoms with E-state index >= 15 is 0 Å². The normalized spacial score (nSPS) is 17.3. The molecule has 156 valence electrons. The van der Waals surface area contributed by atoms with Gasteiger partial charge in [-0.2, -0.15) is 0 Å². The summed E-state index contributed by atoms with van der Waals surface area (Å²) in [5.74, 6) is 0.327. The van der Waals surface area contributed by atoms with Gasteiger partial charge in [-0.15, -0.1) is 0 Å². The Balaban J connectivity index is 1.64. The number of nitrogens with zero attached hydrogens (tertiary/aromatic N) is 3. The van der Waals surface area contributed by atoms with E-state index in [1.807, 2.05) is 19.1 Å². The van der Waals surface area contributed by atoms with Crippen molar-refractivity contribution in [3.8, 4) is 0 Å². The number of amides is 1. The number of benzene rings is 1. The van der Waals surface area contributed by atoms with Crippen molar-refractivity contribution in [1.29, 1.82) is 0 Å². The van der Waals surface area contributed by atoms with Crippen molar-refractivity contribution in [1.82, 2.24) is 14.4 Å². The minimum absolute atomic E-state index is 0.00449. The smallest absolute Gasteiger partial charge is 0.226 e. The van der Waals surface area contributed by atoms with Crippen LogP contribution in [0.2, 0.25) is 0 Å². The van der Waals surface area contributed by atoms with Gasteiger partial charge in [-0.05, 0) is 51.3 Å². The third-order valence-electron chi connectivity index (χ3n) is 6.00. The van der Waals surface area contributed by atoms with Gasteiger partial charge in [-0.1, -0.05) is 30.3 Å². The molecule has 1 unspecified atom stereocenters. The molecule has 1 amide bonds. The lowest BCUT2D eigenvalue weighted by Gasteiger charge is -2.32. The van der Waals surface area contributed by atoms with Crippen LogP contribution in [0.4, 0.5) is 0 Å². The quantitative estimate of drug-likeness (QED) is 0.676. The van der Waals surface area contributed by atoms with Gasteiger partial charge in [0.15, 0.2) is 5.78 Å². The van der Waals surface area contributed by atoms with E-state index in [-0.39, 0.29) is 17.6 Å². The van der Waals surface area contributed by atoms with Crippen LogP contribution in [-0.4, -0.2) is 59.8 Å². The third kappa shape index (κ3) is 5.15. The Morgan fingerprint density at radius 2 is 1.86 bits per heavy atom.